The minimum atomic E-state index is -3.93. The second-order valence-corrected chi connectivity index (χ2v) is 11.2. The number of nitrogens with one attached hydrogen (secondary N) is 1. The van der Waals surface area contributed by atoms with Crippen LogP contribution < -0.4 is 5.32 Å². The summed E-state index contributed by atoms with van der Waals surface area (Å²) in [5.41, 5.74) is 4.18. The van der Waals surface area contributed by atoms with Crippen molar-refractivity contribution in [3.05, 3.63) is 29.3 Å². The van der Waals surface area contributed by atoms with Crippen molar-refractivity contribution < 1.29 is 31.8 Å². The molecular weight excluding hydrogens is 432 g/mol. The van der Waals surface area contributed by atoms with Gasteiger partial charge in [-0.05, 0) is 45.7 Å². The number of amides is 1. The minimum absolute atomic E-state index is 0.0585. The molecule has 0 aliphatic carbocycles. The number of unbranched alkanes of at least 4 members (excludes halogenated alkanes) is 1. The standard InChI is InChI=1S/C23H34N2O6S/c1-16-22(2,3)19-12-17(13-21(26)24-14-18-15-30-23(4,5)31-18)8-9-20(19)25(16)10-6-7-11-32(27,28)29/h8-9,12,18H,6-7,10-11,13-15H2,1-5H3,(H-,24,26,27,28,29)/p+1. The fourth-order valence-corrected chi connectivity index (χ4v) is 4.89. The molecule has 1 fully saturated rings. The molecule has 0 bridgehead atoms. The Morgan fingerprint density at radius 2 is 1.97 bits per heavy atom. The summed E-state index contributed by atoms with van der Waals surface area (Å²) in [5.74, 6) is -0.885. The van der Waals surface area contributed by atoms with Crippen molar-refractivity contribution in [3.63, 3.8) is 0 Å². The third-order valence-corrected chi connectivity index (χ3v) is 7.13. The van der Waals surface area contributed by atoms with Crippen molar-refractivity contribution in [2.24, 2.45) is 0 Å². The number of hydrogen-bond acceptors (Lipinski definition) is 5. The molecule has 0 spiro atoms. The van der Waals surface area contributed by atoms with Gasteiger partial charge in [-0.1, -0.05) is 6.07 Å². The lowest BCUT2D eigenvalue weighted by Crippen LogP contribution is -2.35. The Hall–Kier alpha value is -1.81. The molecule has 0 saturated carbocycles. The molecule has 1 atom stereocenters. The quantitative estimate of drug-likeness (QED) is 0.329. The predicted octanol–water partition coefficient (Wildman–Crippen LogP) is 2.56. The second kappa shape index (κ2) is 9.21. The van der Waals surface area contributed by atoms with Crippen molar-refractivity contribution in [1.82, 2.24) is 5.32 Å². The number of carbonyl (C=O) groups is 1. The van der Waals surface area contributed by atoms with Gasteiger partial charge in [-0.2, -0.15) is 13.0 Å². The third kappa shape index (κ3) is 5.95. The van der Waals surface area contributed by atoms with Crippen LogP contribution in [0.3, 0.4) is 0 Å². The summed E-state index contributed by atoms with van der Waals surface area (Å²) < 4.78 is 44.3. The molecule has 1 aromatic carbocycles. The monoisotopic (exact) mass is 467 g/mol. The smallest absolute Gasteiger partial charge is 0.264 e. The molecule has 0 radical (unpaired) electrons. The van der Waals surface area contributed by atoms with Gasteiger partial charge in [0, 0.05) is 31.5 Å². The van der Waals surface area contributed by atoms with Crippen LogP contribution in [0.25, 0.3) is 0 Å². The number of carbonyl (C=O) groups excluding carboxylic acids is 1. The Labute approximate surface area is 190 Å². The normalized spacial score (nSPS) is 21.6. The Bertz CT molecular complexity index is 1010. The molecule has 8 nitrogen and oxygen atoms in total. The fourth-order valence-electron chi connectivity index (χ4n) is 4.32. The Morgan fingerprint density at radius 3 is 2.59 bits per heavy atom. The number of ether oxygens (including phenoxy) is 2. The highest BCUT2D eigenvalue weighted by molar-refractivity contribution is 7.85. The van der Waals surface area contributed by atoms with Crippen molar-refractivity contribution in [2.45, 2.75) is 71.2 Å². The average Bonchev–Trinajstić information content (AvgIpc) is 3.12. The van der Waals surface area contributed by atoms with E-state index in [1.807, 2.05) is 26.0 Å². The molecular formula is C23H35N2O6S+. The Morgan fingerprint density at radius 1 is 1.25 bits per heavy atom. The Kier molecular flexibility index (Phi) is 7.14. The molecule has 2 N–H and O–H groups in total. The summed E-state index contributed by atoms with van der Waals surface area (Å²) >= 11 is 0. The molecule has 1 amide bonds. The van der Waals surface area contributed by atoms with Crippen LogP contribution >= 0.6 is 0 Å². The molecule has 178 valence electrons. The van der Waals surface area contributed by atoms with Crippen LogP contribution in [0.5, 0.6) is 0 Å². The van der Waals surface area contributed by atoms with Crippen molar-refractivity contribution >= 4 is 27.4 Å². The first kappa shape index (κ1) is 24.8. The van der Waals surface area contributed by atoms with Crippen LogP contribution in [0.2, 0.25) is 0 Å². The Balaban J connectivity index is 1.62. The van der Waals surface area contributed by atoms with E-state index in [0.29, 0.717) is 32.5 Å². The lowest BCUT2D eigenvalue weighted by Gasteiger charge is -2.17. The van der Waals surface area contributed by atoms with E-state index in [1.165, 1.54) is 5.71 Å². The van der Waals surface area contributed by atoms with Crippen LogP contribution in [0.15, 0.2) is 18.2 Å². The zero-order valence-corrected chi connectivity index (χ0v) is 20.4. The number of rotatable bonds is 9. The summed E-state index contributed by atoms with van der Waals surface area (Å²) in [5, 5.41) is 2.93. The van der Waals surface area contributed by atoms with Gasteiger partial charge in [-0.15, -0.1) is 0 Å². The van der Waals surface area contributed by atoms with E-state index < -0.39 is 15.9 Å². The number of hydrogen-bond donors (Lipinski definition) is 2. The zero-order chi connectivity index (χ0) is 23.7. The largest absolute Gasteiger partial charge is 0.353 e. The van der Waals surface area contributed by atoms with Crippen molar-refractivity contribution in [1.29, 1.82) is 0 Å². The summed E-state index contributed by atoms with van der Waals surface area (Å²) in [6, 6.07) is 6.10. The van der Waals surface area contributed by atoms with Crippen molar-refractivity contribution in [3.8, 4) is 0 Å². The summed E-state index contributed by atoms with van der Waals surface area (Å²) in [7, 11) is -3.93. The van der Waals surface area contributed by atoms with Gasteiger partial charge in [-0.25, -0.2) is 0 Å². The molecule has 3 rings (SSSR count). The van der Waals surface area contributed by atoms with Gasteiger partial charge in [0.05, 0.1) is 24.2 Å². The molecule has 0 aromatic heterocycles. The molecule has 2 aliphatic rings. The lowest BCUT2D eigenvalue weighted by atomic mass is 9.81. The number of fused-ring (bicyclic) bond motifs is 1. The van der Waals surface area contributed by atoms with E-state index >= 15 is 0 Å². The minimum Gasteiger partial charge on any atom is -0.353 e. The SMILES string of the molecule is CC1=[N+](CCCCS(=O)(=O)O)c2ccc(CC(=O)NCC3COC(C)(C)O3)cc2C1(C)C. The molecule has 2 aliphatic heterocycles. The average molecular weight is 468 g/mol. The van der Waals surface area contributed by atoms with E-state index in [4.69, 9.17) is 14.0 Å². The highest BCUT2D eigenvalue weighted by Gasteiger charge is 2.43. The number of nitrogens with zero attached hydrogens (tertiary/aromatic N) is 1. The van der Waals surface area contributed by atoms with Gasteiger partial charge in [0.1, 0.15) is 12.6 Å². The van der Waals surface area contributed by atoms with E-state index in [1.54, 1.807) is 0 Å². The highest BCUT2D eigenvalue weighted by atomic mass is 32.2. The first-order valence-corrected chi connectivity index (χ1v) is 12.7. The lowest BCUT2D eigenvalue weighted by molar-refractivity contribution is -0.439. The van der Waals surface area contributed by atoms with E-state index in [2.05, 4.69) is 36.7 Å². The van der Waals surface area contributed by atoms with Crippen LogP contribution in [0.4, 0.5) is 5.69 Å². The molecule has 32 heavy (non-hydrogen) atoms. The van der Waals surface area contributed by atoms with Crippen LogP contribution in [-0.2, 0) is 36.2 Å². The second-order valence-electron chi connectivity index (χ2n) is 9.64. The molecule has 2 heterocycles. The van der Waals surface area contributed by atoms with Gasteiger partial charge in [-0.3, -0.25) is 9.35 Å². The van der Waals surface area contributed by atoms with E-state index in [9.17, 15) is 13.2 Å². The topological polar surface area (TPSA) is 105 Å². The van der Waals surface area contributed by atoms with Gasteiger partial charge < -0.3 is 14.8 Å². The first-order chi connectivity index (χ1) is 14.8. The fraction of sp³-hybridized carbons (Fsp3) is 0.652. The maximum atomic E-state index is 12.5. The summed E-state index contributed by atoms with van der Waals surface area (Å²) in [6.45, 7) is 11.7. The van der Waals surface area contributed by atoms with E-state index in [0.717, 1.165) is 16.8 Å². The summed E-state index contributed by atoms with van der Waals surface area (Å²) in [6.07, 6.45) is 1.21. The number of benzene rings is 1. The van der Waals surface area contributed by atoms with Gasteiger partial charge in [0.25, 0.3) is 10.1 Å². The third-order valence-electron chi connectivity index (χ3n) is 6.33. The zero-order valence-electron chi connectivity index (χ0n) is 19.6. The van der Waals surface area contributed by atoms with Crippen molar-refractivity contribution in [2.75, 3.05) is 25.4 Å². The maximum absolute atomic E-state index is 12.5. The van der Waals surface area contributed by atoms with Gasteiger partial charge >= 0.3 is 0 Å². The molecule has 9 heteroatoms. The van der Waals surface area contributed by atoms with Crippen LogP contribution in [0, 0.1) is 0 Å². The van der Waals surface area contributed by atoms with Crippen LogP contribution in [-0.4, -0.2) is 66.5 Å². The van der Waals surface area contributed by atoms with Gasteiger partial charge in [0.15, 0.2) is 11.5 Å². The van der Waals surface area contributed by atoms with Crippen LogP contribution in [0.1, 0.15) is 58.6 Å². The molecule has 1 saturated heterocycles. The first-order valence-electron chi connectivity index (χ1n) is 11.1. The highest BCUT2D eigenvalue weighted by Crippen LogP contribution is 2.40. The van der Waals surface area contributed by atoms with E-state index in [-0.39, 0.29) is 29.6 Å². The predicted molar refractivity (Wildman–Crippen MR) is 122 cm³/mol. The molecule has 1 unspecified atom stereocenters. The summed E-state index contributed by atoms with van der Waals surface area (Å²) in [4.78, 5) is 12.5. The molecule has 1 aromatic rings. The maximum Gasteiger partial charge on any atom is 0.264 e. The van der Waals surface area contributed by atoms with Gasteiger partial charge in [0.2, 0.25) is 11.6 Å².